The van der Waals surface area contributed by atoms with Crippen LogP contribution in [0.25, 0.3) is 0 Å². The fourth-order valence-corrected chi connectivity index (χ4v) is 2.01. The van der Waals surface area contributed by atoms with Crippen LogP contribution in [0.4, 0.5) is 5.69 Å². The zero-order valence-corrected chi connectivity index (χ0v) is 12.8. The Morgan fingerprint density at radius 2 is 1.86 bits per heavy atom. The standard InChI is InChI=1S/C15H13ClN2O2S/c1-9-2-7-13(19)12(8-9)17-15(21)18-14(20)10-3-5-11(16)6-4-10/h2-8,19H,1H3,(H2,17,18,20,21). The van der Waals surface area contributed by atoms with Gasteiger partial charge in [0.05, 0.1) is 5.69 Å². The number of amides is 1. The Balaban J connectivity index is 2.03. The van der Waals surface area contributed by atoms with Gasteiger partial charge in [-0.2, -0.15) is 0 Å². The summed E-state index contributed by atoms with van der Waals surface area (Å²) in [4.78, 5) is 12.0. The highest BCUT2D eigenvalue weighted by Gasteiger charge is 2.09. The molecule has 0 aliphatic rings. The summed E-state index contributed by atoms with van der Waals surface area (Å²) in [6.07, 6.45) is 0. The van der Waals surface area contributed by atoms with Gasteiger partial charge in [-0.3, -0.25) is 10.1 Å². The van der Waals surface area contributed by atoms with Gasteiger partial charge in [0, 0.05) is 10.6 Å². The summed E-state index contributed by atoms with van der Waals surface area (Å²) >= 11 is 10.8. The Bertz CT molecular complexity index is 687. The summed E-state index contributed by atoms with van der Waals surface area (Å²) in [5.41, 5.74) is 1.84. The number of hydrogen-bond acceptors (Lipinski definition) is 3. The average Bonchev–Trinajstić information content (AvgIpc) is 2.43. The molecule has 0 heterocycles. The number of rotatable bonds is 2. The maximum absolute atomic E-state index is 12.0. The van der Waals surface area contributed by atoms with Gasteiger partial charge in [-0.25, -0.2) is 0 Å². The molecule has 2 aromatic rings. The van der Waals surface area contributed by atoms with E-state index in [9.17, 15) is 9.90 Å². The number of benzene rings is 2. The minimum atomic E-state index is -0.351. The quantitative estimate of drug-likeness (QED) is 0.585. The lowest BCUT2D eigenvalue weighted by atomic mass is 10.2. The van der Waals surface area contributed by atoms with Gasteiger partial charge in [0.2, 0.25) is 0 Å². The second-order valence-corrected chi connectivity index (χ2v) is 5.28. The first kappa shape index (κ1) is 15.3. The Labute approximate surface area is 132 Å². The van der Waals surface area contributed by atoms with E-state index in [4.69, 9.17) is 23.8 Å². The number of aromatic hydroxyl groups is 1. The first-order chi connectivity index (χ1) is 9.95. The lowest BCUT2D eigenvalue weighted by molar-refractivity contribution is 0.0977. The zero-order valence-electron chi connectivity index (χ0n) is 11.2. The average molecular weight is 321 g/mol. The van der Waals surface area contributed by atoms with Crippen LogP contribution in [0.1, 0.15) is 15.9 Å². The Morgan fingerprint density at radius 3 is 2.52 bits per heavy atom. The Morgan fingerprint density at radius 1 is 1.19 bits per heavy atom. The monoisotopic (exact) mass is 320 g/mol. The van der Waals surface area contributed by atoms with Crippen molar-refractivity contribution in [3.05, 3.63) is 58.6 Å². The van der Waals surface area contributed by atoms with Crippen LogP contribution in [-0.4, -0.2) is 16.1 Å². The first-order valence-electron chi connectivity index (χ1n) is 6.13. The molecule has 0 aromatic heterocycles. The smallest absolute Gasteiger partial charge is 0.257 e. The molecular weight excluding hydrogens is 308 g/mol. The molecule has 108 valence electrons. The van der Waals surface area contributed by atoms with Crippen LogP contribution in [-0.2, 0) is 0 Å². The SMILES string of the molecule is Cc1ccc(O)c(NC(=S)NC(=O)c2ccc(Cl)cc2)c1. The molecule has 2 rings (SSSR count). The summed E-state index contributed by atoms with van der Waals surface area (Å²) in [6.45, 7) is 1.89. The van der Waals surface area contributed by atoms with Gasteiger partial charge in [-0.1, -0.05) is 17.7 Å². The van der Waals surface area contributed by atoms with E-state index in [2.05, 4.69) is 10.6 Å². The molecule has 0 atom stereocenters. The molecule has 3 N–H and O–H groups in total. The lowest BCUT2D eigenvalue weighted by Gasteiger charge is -2.11. The molecule has 0 saturated carbocycles. The van der Waals surface area contributed by atoms with E-state index in [1.54, 1.807) is 42.5 Å². The number of thiocarbonyl (C=S) groups is 1. The van der Waals surface area contributed by atoms with Crippen LogP contribution < -0.4 is 10.6 Å². The van der Waals surface area contributed by atoms with Crippen molar-refractivity contribution < 1.29 is 9.90 Å². The maximum Gasteiger partial charge on any atom is 0.257 e. The maximum atomic E-state index is 12.0. The molecule has 0 bridgehead atoms. The molecule has 0 aliphatic heterocycles. The summed E-state index contributed by atoms with van der Waals surface area (Å²) in [5, 5.41) is 15.7. The van der Waals surface area contributed by atoms with E-state index in [0.717, 1.165) is 5.56 Å². The minimum absolute atomic E-state index is 0.0590. The number of phenols is 1. The zero-order chi connectivity index (χ0) is 15.4. The number of aryl methyl sites for hydroxylation is 1. The molecule has 0 unspecified atom stereocenters. The fourth-order valence-electron chi connectivity index (χ4n) is 1.68. The van der Waals surface area contributed by atoms with Crippen molar-refractivity contribution >= 4 is 40.5 Å². The third-order valence-corrected chi connectivity index (χ3v) is 3.19. The van der Waals surface area contributed by atoms with Crippen molar-refractivity contribution in [1.29, 1.82) is 0 Å². The van der Waals surface area contributed by atoms with Gasteiger partial charge in [0.15, 0.2) is 5.11 Å². The molecule has 6 heteroatoms. The highest BCUT2D eigenvalue weighted by molar-refractivity contribution is 7.80. The molecule has 21 heavy (non-hydrogen) atoms. The van der Waals surface area contributed by atoms with Crippen molar-refractivity contribution in [3.8, 4) is 5.75 Å². The fraction of sp³-hybridized carbons (Fsp3) is 0.0667. The second kappa shape index (κ2) is 6.56. The summed E-state index contributed by atoms with van der Waals surface area (Å²) in [6, 6.07) is 11.5. The van der Waals surface area contributed by atoms with Crippen molar-refractivity contribution in [1.82, 2.24) is 5.32 Å². The van der Waals surface area contributed by atoms with Crippen LogP contribution in [0.2, 0.25) is 5.02 Å². The summed E-state index contributed by atoms with van der Waals surface area (Å²) in [7, 11) is 0. The molecule has 0 spiro atoms. The lowest BCUT2D eigenvalue weighted by Crippen LogP contribution is -2.34. The van der Waals surface area contributed by atoms with Crippen LogP contribution in [0.5, 0.6) is 5.75 Å². The number of carbonyl (C=O) groups is 1. The molecule has 4 nitrogen and oxygen atoms in total. The molecule has 0 aliphatic carbocycles. The third kappa shape index (κ3) is 4.18. The van der Waals surface area contributed by atoms with E-state index >= 15 is 0 Å². The van der Waals surface area contributed by atoms with Crippen LogP contribution >= 0.6 is 23.8 Å². The van der Waals surface area contributed by atoms with Gasteiger partial charge >= 0.3 is 0 Å². The van der Waals surface area contributed by atoms with Crippen LogP contribution in [0.15, 0.2) is 42.5 Å². The van der Waals surface area contributed by atoms with Gasteiger partial charge in [0.25, 0.3) is 5.91 Å². The van der Waals surface area contributed by atoms with E-state index in [0.29, 0.717) is 16.3 Å². The van der Waals surface area contributed by atoms with Crippen LogP contribution in [0.3, 0.4) is 0 Å². The van der Waals surface area contributed by atoms with Crippen molar-refractivity contribution in [2.24, 2.45) is 0 Å². The van der Waals surface area contributed by atoms with Gasteiger partial charge in [-0.15, -0.1) is 0 Å². The minimum Gasteiger partial charge on any atom is -0.506 e. The predicted molar refractivity (Wildman–Crippen MR) is 88.0 cm³/mol. The predicted octanol–water partition coefficient (Wildman–Crippen LogP) is 3.48. The van der Waals surface area contributed by atoms with Crippen molar-refractivity contribution in [2.45, 2.75) is 6.92 Å². The Hall–Kier alpha value is -2.11. The number of hydrogen-bond donors (Lipinski definition) is 3. The summed E-state index contributed by atoms with van der Waals surface area (Å²) in [5.74, 6) is -0.292. The van der Waals surface area contributed by atoms with Crippen molar-refractivity contribution in [3.63, 3.8) is 0 Å². The number of halogens is 1. The highest BCUT2D eigenvalue weighted by atomic mass is 35.5. The Kier molecular flexibility index (Phi) is 4.77. The largest absolute Gasteiger partial charge is 0.506 e. The third-order valence-electron chi connectivity index (χ3n) is 2.73. The first-order valence-corrected chi connectivity index (χ1v) is 6.92. The molecule has 0 saturated heterocycles. The number of nitrogens with one attached hydrogen (secondary N) is 2. The van der Waals surface area contributed by atoms with E-state index in [1.165, 1.54) is 0 Å². The molecule has 0 radical (unpaired) electrons. The number of anilines is 1. The van der Waals surface area contributed by atoms with E-state index in [-0.39, 0.29) is 16.8 Å². The molecule has 1 amide bonds. The normalized spacial score (nSPS) is 10.0. The highest BCUT2D eigenvalue weighted by Crippen LogP contribution is 2.23. The topological polar surface area (TPSA) is 61.4 Å². The van der Waals surface area contributed by atoms with Gasteiger partial charge < -0.3 is 10.4 Å². The molecular formula is C15H13ClN2O2S. The summed E-state index contributed by atoms with van der Waals surface area (Å²) < 4.78 is 0. The van der Waals surface area contributed by atoms with Crippen LogP contribution in [0, 0.1) is 6.92 Å². The van der Waals surface area contributed by atoms with Gasteiger partial charge in [0.1, 0.15) is 5.75 Å². The van der Waals surface area contributed by atoms with Crippen molar-refractivity contribution in [2.75, 3.05) is 5.32 Å². The van der Waals surface area contributed by atoms with Gasteiger partial charge in [-0.05, 0) is 61.1 Å². The molecule has 0 fully saturated rings. The number of carbonyl (C=O) groups excluding carboxylic acids is 1. The van der Waals surface area contributed by atoms with E-state index in [1.807, 2.05) is 6.92 Å². The second-order valence-electron chi connectivity index (χ2n) is 4.44. The number of phenolic OH excluding ortho intramolecular Hbond substituents is 1. The van der Waals surface area contributed by atoms with E-state index < -0.39 is 0 Å². The molecule has 2 aromatic carbocycles.